The number of hydrogen-bond acceptors (Lipinski definition) is 2. The lowest BCUT2D eigenvalue weighted by Gasteiger charge is -2.38. The third-order valence-electron chi connectivity index (χ3n) is 5.11. The summed E-state index contributed by atoms with van der Waals surface area (Å²) < 4.78 is 0. The van der Waals surface area contributed by atoms with Gasteiger partial charge in [0, 0.05) is 19.1 Å². The molecule has 2 saturated heterocycles. The molecule has 2 bridgehead atoms. The molecular formula is C14H25NO. The fourth-order valence-electron chi connectivity index (χ4n) is 4.12. The van der Waals surface area contributed by atoms with E-state index < -0.39 is 0 Å². The Kier molecular flexibility index (Phi) is 3.21. The Balaban J connectivity index is 1.69. The Labute approximate surface area is 99.0 Å². The third kappa shape index (κ3) is 2.14. The molecule has 4 rings (SSSR count). The second kappa shape index (κ2) is 4.66. The Morgan fingerprint density at radius 1 is 0.750 bits per heavy atom. The van der Waals surface area contributed by atoms with E-state index in [1.807, 2.05) is 0 Å². The molecule has 0 aromatic carbocycles. The van der Waals surface area contributed by atoms with Crippen molar-refractivity contribution >= 4 is 0 Å². The van der Waals surface area contributed by atoms with Crippen molar-refractivity contribution in [2.24, 2.45) is 11.8 Å². The first kappa shape index (κ1) is 11.0. The van der Waals surface area contributed by atoms with Gasteiger partial charge >= 0.3 is 0 Å². The van der Waals surface area contributed by atoms with Crippen molar-refractivity contribution in [3.63, 3.8) is 0 Å². The van der Waals surface area contributed by atoms with Gasteiger partial charge in [-0.2, -0.15) is 0 Å². The summed E-state index contributed by atoms with van der Waals surface area (Å²) in [6.07, 6.45) is 10.6. The highest BCUT2D eigenvalue weighted by Crippen LogP contribution is 2.36. The number of rotatable bonds is 1. The van der Waals surface area contributed by atoms with Gasteiger partial charge in [-0.15, -0.1) is 0 Å². The van der Waals surface area contributed by atoms with Crippen LogP contribution in [0, 0.1) is 11.8 Å². The summed E-state index contributed by atoms with van der Waals surface area (Å²) in [6.45, 7) is 2.55. The first-order valence-corrected chi connectivity index (χ1v) is 7.25. The van der Waals surface area contributed by atoms with E-state index in [0.717, 1.165) is 18.3 Å². The molecule has 2 heterocycles. The highest BCUT2D eigenvalue weighted by Gasteiger charge is 2.35. The van der Waals surface area contributed by atoms with Crippen LogP contribution in [0.25, 0.3) is 0 Å². The molecule has 4 fully saturated rings. The average Bonchev–Trinajstić information content (AvgIpc) is 2.62. The lowest BCUT2D eigenvalue weighted by atomic mass is 9.84. The second-order valence-corrected chi connectivity index (χ2v) is 6.26. The number of nitrogens with zero attached hydrogens (tertiary/aromatic N) is 1. The smallest absolute Gasteiger partial charge is 0.0695 e. The summed E-state index contributed by atoms with van der Waals surface area (Å²) in [6, 6.07) is 0.495. The molecule has 0 radical (unpaired) electrons. The molecule has 0 amide bonds. The molecule has 2 aliphatic heterocycles. The van der Waals surface area contributed by atoms with Crippen LogP contribution in [0.1, 0.15) is 51.4 Å². The van der Waals surface area contributed by atoms with E-state index in [1.54, 1.807) is 0 Å². The predicted octanol–water partition coefficient (Wildman–Crippen LogP) is 2.41. The SMILES string of the molecule is OC1CCCCC1N1CC2CCC(CC2)C1. The number of hydrogen-bond donors (Lipinski definition) is 1. The van der Waals surface area contributed by atoms with Crippen molar-refractivity contribution in [2.45, 2.75) is 63.5 Å². The Morgan fingerprint density at radius 3 is 1.88 bits per heavy atom. The van der Waals surface area contributed by atoms with Crippen molar-refractivity contribution < 1.29 is 5.11 Å². The van der Waals surface area contributed by atoms with Crippen LogP contribution in [0.15, 0.2) is 0 Å². The van der Waals surface area contributed by atoms with Crippen LogP contribution in [-0.4, -0.2) is 35.2 Å². The van der Waals surface area contributed by atoms with E-state index in [9.17, 15) is 5.11 Å². The molecular weight excluding hydrogens is 198 g/mol. The minimum Gasteiger partial charge on any atom is -0.391 e. The standard InChI is InChI=1S/C14H25NO/c16-14-4-2-1-3-13(14)15-9-11-5-6-12(10-15)8-7-11/h11-14,16H,1-10H2. The molecule has 0 aromatic rings. The van der Waals surface area contributed by atoms with E-state index >= 15 is 0 Å². The van der Waals surface area contributed by atoms with Crippen molar-refractivity contribution in [2.75, 3.05) is 13.1 Å². The van der Waals surface area contributed by atoms with E-state index in [4.69, 9.17) is 0 Å². The predicted molar refractivity (Wildman–Crippen MR) is 65.3 cm³/mol. The highest BCUT2D eigenvalue weighted by atomic mass is 16.3. The normalized spacial score (nSPS) is 45.6. The lowest BCUT2D eigenvalue weighted by molar-refractivity contribution is 0.0153. The van der Waals surface area contributed by atoms with Crippen molar-refractivity contribution in [1.29, 1.82) is 0 Å². The second-order valence-electron chi connectivity index (χ2n) is 6.26. The zero-order valence-corrected chi connectivity index (χ0v) is 10.3. The van der Waals surface area contributed by atoms with E-state index in [-0.39, 0.29) is 6.10 Å². The zero-order valence-electron chi connectivity index (χ0n) is 10.3. The van der Waals surface area contributed by atoms with Crippen LogP contribution in [0.2, 0.25) is 0 Å². The fraction of sp³-hybridized carbons (Fsp3) is 1.00. The van der Waals surface area contributed by atoms with Gasteiger partial charge < -0.3 is 5.11 Å². The van der Waals surface area contributed by atoms with Gasteiger partial charge in [0.2, 0.25) is 0 Å². The van der Waals surface area contributed by atoms with Gasteiger partial charge in [-0.3, -0.25) is 4.90 Å². The maximum absolute atomic E-state index is 10.2. The molecule has 4 aliphatic rings. The summed E-state index contributed by atoms with van der Waals surface area (Å²) in [5.41, 5.74) is 0. The molecule has 2 aliphatic carbocycles. The Hall–Kier alpha value is -0.0800. The van der Waals surface area contributed by atoms with Crippen LogP contribution >= 0.6 is 0 Å². The molecule has 16 heavy (non-hydrogen) atoms. The molecule has 92 valence electrons. The van der Waals surface area contributed by atoms with Crippen LogP contribution in [0.3, 0.4) is 0 Å². The first-order valence-electron chi connectivity index (χ1n) is 7.25. The Bertz CT molecular complexity index is 221. The monoisotopic (exact) mass is 223 g/mol. The van der Waals surface area contributed by atoms with Gasteiger partial charge in [0.1, 0.15) is 0 Å². The minimum absolute atomic E-state index is 0.0359. The first-order chi connectivity index (χ1) is 7.83. The maximum Gasteiger partial charge on any atom is 0.0695 e. The number of aliphatic hydroxyl groups excluding tert-OH is 1. The number of aliphatic hydroxyl groups is 1. The zero-order chi connectivity index (χ0) is 11.0. The average molecular weight is 223 g/mol. The van der Waals surface area contributed by atoms with Gasteiger partial charge in [0.05, 0.1) is 6.10 Å². The molecule has 2 heteroatoms. The van der Waals surface area contributed by atoms with Gasteiger partial charge in [-0.05, 0) is 50.4 Å². The van der Waals surface area contributed by atoms with Crippen LogP contribution < -0.4 is 0 Å². The van der Waals surface area contributed by atoms with Crippen molar-refractivity contribution in [3.05, 3.63) is 0 Å². The summed E-state index contributed by atoms with van der Waals surface area (Å²) in [5, 5.41) is 10.2. The van der Waals surface area contributed by atoms with E-state index in [1.165, 1.54) is 58.0 Å². The quantitative estimate of drug-likeness (QED) is 0.738. The minimum atomic E-state index is -0.0359. The largest absolute Gasteiger partial charge is 0.391 e. The third-order valence-corrected chi connectivity index (χ3v) is 5.11. The fourth-order valence-corrected chi connectivity index (χ4v) is 4.12. The van der Waals surface area contributed by atoms with Gasteiger partial charge in [0.25, 0.3) is 0 Å². The maximum atomic E-state index is 10.2. The van der Waals surface area contributed by atoms with Gasteiger partial charge in [0.15, 0.2) is 0 Å². The van der Waals surface area contributed by atoms with Crippen LogP contribution in [0.5, 0.6) is 0 Å². The van der Waals surface area contributed by atoms with Crippen molar-refractivity contribution in [3.8, 4) is 0 Å². The summed E-state index contributed by atoms with van der Waals surface area (Å²) >= 11 is 0. The van der Waals surface area contributed by atoms with Crippen LogP contribution in [-0.2, 0) is 0 Å². The highest BCUT2D eigenvalue weighted by molar-refractivity contribution is 4.89. The van der Waals surface area contributed by atoms with E-state index in [0.29, 0.717) is 6.04 Å². The Morgan fingerprint density at radius 2 is 1.31 bits per heavy atom. The number of fused-ring (bicyclic) bond motifs is 4. The van der Waals surface area contributed by atoms with Crippen LogP contribution in [0.4, 0.5) is 0 Å². The van der Waals surface area contributed by atoms with E-state index in [2.05, 4.69) is 4.90 Å². The summed E-state index contributed by atoms with van der Waals surface area (Å²) in [5.74, 6) is 1.88. The molecule has 2 saturated carbocycles. The van der Waals surface area contributed by atoms with Gasteiger partial charge in [-0.1, -0.05) is 12.8 Å². The topological polar surface area (TPSA) is 23.5 Å². The molecule has 2 atom stereocenters. The van der Waals surface area contributed by atoms with Crippen molar-refractivity contribution in [1.82, 2.24) is 4.90 Å². The molecule has 0 spiro atoms. The lowest BCUT2D eigenvalue weighted by Crippen LogP contribution is -2.47. The molecule has 2 nitrogen and oxygen atoms in total. The van der Waals surface area contributed by atoms with Gasteiger partial charge in [-0.25, -0.2) is 0 Å². The summed E-state index contributed by atoms with van der Waals surface area (Å²) in [7, 11) is 0. The summed E-state index contributed by atoms with van der Waals surface area (Å²) in [4.78, 5) is 2.65. The molecule has 0 aromatic heterocycles. The molecule has 1 N–H and O–H groups in total. The molecule has 2 unspecified atom stereocenters.